The van der Waals surface area contributed by atoms with Crippen LogP contribution < -0.4 is 5.73 Å². The third kappa shape index (κ3) is 3.79. The second-order valence-electron chi connectivity index (χ2n) is 6.04. The Hall–Kier alpha value is -1.68. The maximum Gasteiger partial charge on any atom is 0.270 e. The zero-order valence-electron chi connectivity index (χ0n) is 13.6. The molecule has 0 aliphatic carbocycles. The molecule has 4 nitrogen and oxygen atoms in total. The molecule has 0 spiro atoms. The van der Waals surface area contributed by atoms with Crippen molar-refractivity contribution in [1.29, 1.82) is 0 Å². The Bertz CT molecular complexity index is 855. The SMILES string of the molecule is C=S1(=O)C[C@@](C)(c2cc(CC(=S)C(F)F)cc(F)c2F)N=C(N)N1C. The van der Waals surface area contributed by atoms with Crippen molar-refractivity contribution in [2.75, 3.05) is 12.8 Å². The van der Waals surface area contributed by atoms with E-state index >= 15 is 0 Å². The molecule has 10 heteroatoms. The summed E-state index contributed by atoms with van der Waals surface area (Å²) in [4.78, 5) is 3.54. The summed E-state index contributed by atoms with van der Waals surface area (Å²) in [6.07, 6.45) is -3.25. The number of nitrogens with two attached hydrogens (primary N) is 1. The van der Waals surface area contributed by atoms with Crippen LogP contribution in [0.3, 0.4) is 0 Å². The van der Waals surface area contributed by atoms with Crippen molar-refractivity contribution < 1.29 is 21.8 Å². The maximum absolute atomic E-state index is 14.4. The van der Waals surface area contributed by atoms with Gasteiger partial charge in [-0.3, -0.25) is 4.31 Å². The molecule has 0 bridgehead atoms. The highest BCUT2D eigenvalue weighted by Gasteiger charge is 2.39. The molecular weight excluding hydrogens is 378 g/mol. The summed E-state index contributed by atoms with van der Waals surface area (Å²) in [5, 5.41) is 0. The molecule has 0 fully saturated rings. The van der Waals surface area contributed by atoms with E-state index in [-0.39, 0.29) is 22.8 Å². The maximum atomic E-state index is 14.4. The van der Waals surface area contributed by atoms with Crippen LogP contribution in [0.5, 0.6) is 0 Å². The van der Waals surface area contributed by atoms with Crippen molar-refractivity contribution in [2.45, 2.75) is 25.3 Å². The van der Waals surface area contributed by atoms with Crippen LogP contribution in [0.4, 0.5) is 17.6 Å². The molecule has 2 atom stereocenters. The standard InChI is InChI=1S/C15H17F4N3OS2/c1-15(7-25(3,23)22(2)14(20)21-15)9-4-8(5-10(16)12(9)17)6-11(24)13(18)19/h4-5,13H,3,6-7H2,1-2H3,(H2,20,21)/t15-,25?/m0/s1. The molecule has 1 aromatic rings. The molecular formula is C15H17F4N3OS2. The van der Waals surface area contributed by atoms with Crippen molar-refractivity contribution in [3.8, 4) is 0 Å². The number of halogens is 4. The summed E-state index contributed by atoms with van der Waals surface area (Å²) in [5.41, 5.74) is 4.12. The summed E-state index contributed by atoms with van der Waals surface area (Å²) >= 11 is 4.56. The van der Waals surface area contributed by atoms with Gasteiger partial charge in [-0.2, -0.15) is 0 Å². The van der Waals surface area contributed by atoms with Crippen molar-refractivity contribution in [2.24, 2.45) is 10.7 Å². The number of hydrogen-bond donors (Lipinski definition) is 1. The van der Waals surface area contributed by atoms with Crippen molar-refractivity contribution >= 4 is 38.6 Å². The molecule has 2 rings (SSSR count). The summed E-state index contributed by atoms with van der Waals surface area (Å²) in [7, 11) is -1.47. The molecule has 25 heavy (non-hydrogen) atoms. The van der Waals surface area contributed by atoms with E-state index in [1.807, 2.05) is 0 Å². The third-order valence-corrected chi connectivity index (χ3v) is 6.50. The van der Waals surface area contributed by atoms with Gasteiger partial charge < -0.3 is 5.73 Å². The predicted molar refractivity (Wildman–Crippen MR) is 95.5 cm³/mol. The van der Waals surface area contributed by atoms with E-state index < -0.39 is 44.6 Å². The Morgan fingerprint density at radius 1 is 1.52 bits per heavy atom. The number of rotatable bonds is 4. The normalized spacial score (nSPS) is 26.7. The van der Waals surface area contributed by atoms with Gasteiger partial charge in [0.15, 0.2) is 11.6 Å². The van der Waals surface area contributed by atoms with E-state index in [2.05, 4.69) is 23.1 Å². The molecule has 1 aliphatic heterocycles. The van der Waals surface area contributed by atoms with Gasteiger partial charge in [0.25, 0.3) is 6.43 Å². The molecule has 0 amide bonds. The monoisotopic (exact) mass is 395 g/mol. The highest BCUT2D eigenvalue weighted by Crippen LogP contribution is 2.35. The lowest BCUT2D eigenvalue weighted by atomic mass is 9.91. The predicted octanol–water partition coefficient (Wildman–Crippen LogP) is 2.25. The number of guanidine groups is 1. The van der Waals surface area contributed by atoms with Gasteiger partial charge in [0.05, 0.1) is 20.3 Å². The number of aliphatic imine (C=N–C) groups is 1. The van der Waals surface area contributed by atoms with Crippen LogP contribution >= 0.6 is 12.2 Å². The summed E-state index contributed by atoms with van der Waals surface area (Å²) in [5.74, 6) is 0.805. The van der Waals surface area contributed by atoms with Crippen molar-refractivity contribution in [1.82, 2.24) is 4.31 Å². The highest BCUT2D eigenvalue weighted by molar-refractivity contribution is 7.98. The summed E-state index contributed by atoms with van der Waals surface area (Å²) < 4.78 is 67.4. The molecule has 1 aliphatic rings. The second kappa shape index (κ2) is 6.56. The van der Waals surface area contributed by atoms with E-state index in [4.69, 9.17) is 5.73 Å². The number of hydrogen-bond acceptors (Lipinski definition) is 4. The van der Waals surface area contributed by atoms with Gasteiger partial charge in [-0.05, 0) is 30.5 Å². The Kier molecular flexibility index (Phi) is 5.16. The van der Waals surface area contributed by atoms with Crippen molar-refractivity contribution in [3.05, 3.63) is 34.9 Å². The van der Waals surface area contributed by atoms with E-state index in [9.17, 15) is 21.8 Å². The fraction of sp³-hybridized carbons (Fsp3) is 0.400. The smallest absolute Gasteiger partial charge is 0.270 e. The van der Waals surface area contributed by atoms with Crippen LogP contribution in [0, 0.1) is 11.6 Å². The van der Waals surface area contributed by atoms with Crippen LogP contribution in [0.25, 0.3) is 0 Å². The number of alkyl halides is 2. The van der Waals surface area contributed by atoms with E-state index in [0.29, 0.717) is 0 Å². The van der Waals surface area contributed by atoms with Crippen LogP contribution in [-0.2, 0) is 21.7 Å². The average Bonchev–Trinajstić information content (AvgIpc) is 2.47. The van der Waals surface area contributed by atoms with E-state index in [1.165, 1.54) is 24.3 Å². The quantitative estimate of drug-likeness (QED) is 0.629. The Morgan fingerprint density at radius 2 is 2.12 bits per heavy atom. The molecule has 0 aromatic heterocycles. The molecule has 0 saturated heterocycles. The van der Waals surface area contributed by atoms with Gasteiger partial charge in [-0.15, -0.1) is 0 Å². The zero-order valence-corrected chi connectivity index (χ0v) is 15.2. The third-order valence-electron chi connectivity index (χ3n) is 3.98. The van der Waals surface area contributed by atoms with Crippen molar-refractivity contribution in [3.63, 3.8) is 0 Å². The summed E-state index contributed by atoms with van der Waals surface area (Å²) in [6.45, 7) is 1.44. The lowest BCUT2D eigenvalue weighted by Gasteiger charge is -2.37. The molecule has 0 saturated carbocycles. The fourth-order valence-electron chi connectivity index (χ4n) is 2.62. The Labute approximate surface area is 148 Å². The number of nitrogens with zero attached hydrogens (tertiary/aromatic N) is 2. The highest BCUT2D eigenvalue weighted by atomic mass is 32.2. The summed E-state index contributed by atoms with van der Waals surface area (Å²) in [6, 6.07) is 2.01. The lowest BCUT2D eigenvalue weighted by molar-refractivity contribution is 0.227. The van der Waals surface area contributed by atoms with Gasteiger partial charge in [0.2, 0.25) is 5.96 Å². The van der Waals surface area contributed by atoms with E-state index in [1.54, 1.807) is 0 Å². The first-order valence-electron chi connectivity index (χ1n) is 7.11. The van der Waals surface area contributed by atoms with Gasteiger partial charge in [-0.1, -0.05) is 12.2 Å². The average molecular weight is 395 g/mol. The fourth-order valence-corrected chi connectivity index (χ4v) is 4.46. The lowest BCUT2D eigenvalue weighted by Crippen LogP contribution is -2.50. The molecule has 1 heterocycles. The molecule has 138 valence electrons. The first-order chi connectivity index (χ1) is 11.4. The Balaban J connectivity index is 2.58. The van der Waals surface area contributed by atoms with Crippen LogP contribution in [-0.4, -0.2) is 44.4 Å². The minimum atomic E-state index is -2.90. The van der Waals surface area contributed by atoms with Crippen LogP contribution in [0.1, 0.15) is 18.1 Å². The first-order valence-corrected chi connectivity index (χ1v) is 9.37. The van der Waals surface area contributed by atoms with Gasteiger partial charge in [0, 0.05) is 19.0 Å². The first kappa shape index (κ1) is 19.6. The number of thiocarbonyl (C=S) groups is 1. The molecule has 2 N–H and O–H groups in total. The molecule has 1 unspecified atom stereocenters. The molecule has 0 radical (unpaired) electrons. The van der Waals surface area contributed by atoms with Gasteiger partial charge in [-0.25, -0.2) is 26.8 Å². The minimum absolute atomic E-state index is 0.0729. The van der Waals surface area contributed by atoms with E-state index in [0.717, 1.165) is 6.07 Å². The largest absolute Gasteiger partial charge is 0.369 e. The second-order valence-corrected chi connectivity index (χ2v) is 8.95. The minimum Gasteiger partial charge on any atom is -0.369 e. The van der Waals surface area contributed by atoms with Crippen LogP contribution in [0.2, 0.25) is 0 Å². The zero-order chi connectivity index (χ0) is 19.2. The topological polar surface area (TPSA) is 58.7 Å². The Morgan fingerprint density at radius 3 is 2.64 bits per heavy atom. The number of benzene rings is 1. The van der Waals surface area contributed by atoms with Gasteiger partial charge >= 0.3 is 0 Å². The molecule has 1 aromatic carbocycles. The van der Waals surface area contributed by atoms with Crippen LogP contribution in [0.15, 0.2) is 17.1 Å². The van der Waals surface area contributed by atoms with Gasteiger partial charge in [0.1, 0.15) is 5.54 Å².